The first-order valence-corrected chi connectivity index (χ1v) is 12.2. The summed E-state index contributed by atoms with van der Waals surface area (Å²) in [5.41, 5.74) is 3.18. The van der Waals surface area contributed by atoms with Crippen LogP contribution in [0.25, 0.3) is 11.4 Å². The number of fused-ring (bicyclic) bond motifs is 1. The number of ketones is 1. The van der Waals surface area contributed by atoms with E-state index in [4.69, 9.17) is 4.74 Å². The Morgan fingerprint density at radius 3 is 2.60 bits per heavy atom. The van der Waals surface area contributed by atoms with Crippen molar-refractivity contribution in [3.05, 3.63) is 82.3 Å². The lowest BCUT2D eigenvalue weighted by Gasteiger charge is -2.23. The van der Waals surface area contributed by atoms with Crippen LogP contribution in [0.5, 0.6) is 5.75 Å². The summed E-state index contributed by atoms with van der Waals surface area (Å²) in [6.07, 6.45) is 4.30. The van der Waals surface area contributed by atoms with Gasteiger partial charge in [-0.3, -0.25) is 14.5 Å². The highest BCUT2D eigenvalue weighted by Crippen LogP contribution is 2.43. The molecule has 8 nitrogen and oxygen atoms in total. The summed E-state index contributed by atoms with van der Waals surface area (Å²) in [5, 5.41) is 13.6. The standard InChI is InChI=1S/C26H24N4O4S/c1-4-13-34-18-9-7-17(8-10-18)21-19(23(32)25(33)30(21)26-27-11-14-35-26)22(31)20-16(3)29-12-5-6-15(2)24(29)28-20/h5-12,14,21,31H,4,13H2,1-3H3/b22-19+. The van der Waals surface area contributed by atoms with E-state index in [-0.39, 0.29) is 17.0 Å². The van der Waals surface area contributed by atoms with Gasteiger partial charge in [0.15, 0.2) is 10.9 Å². The molecular formula is C26H24N4O4S. The highest BCUT2D eigenvalue weighted by Gasteiger charge is 2.48. The van der Waals surface area contributed by atoms with Crippen molar-refractivity contribution < 1.29 is 19.4 Å². The van der Waals surface area contributed by atoms with Gasteiger partial charge in [0.05, 0.1) is 23.9 Å². The zero-order chi connectivity index (χ0) is 24.7. The molecule has 0 radical (unpaired) electrons. The predicted molar refractivity (Wildman–Crippen MR) is 134 cm³/mol. The van der Waals surface area contributed by atoms with Gasteiger partial charge in [-0.2, -0.15) is 0 Å². The van der Waals surface area contributed by atoms with Crippen LogP contribution in [-0.2, 0) is 9.59 Å². The van der Waals surface area contributed by atoms with E-state index in [2.05, 4.69) is 9.97 Å². The molecule has 5 rings (SSSR count). The maximum atomic E-state index is 13.3. The SMILES string of the molecule is CCCOc1ccc(C2/C(=C(\O)c3nc4c(C)cccn4c3C)C(=O)C(=O)N2c2nccs2)cc1. The number of imidazole rings is 1. The minimum absolute atomic E-state index is 0.0171. The number of benzene rings is 1. The molecule has 1 aromatic carbocycles. The molecule has 1 aliphatic heterocycles. The van der Waals surface area contributed by atoms with E-state index in [9.17, 15) is 14.7 Å². The van der Waals surface area contributed by atoms with Crippen LogP contribution in [-0.4, -0.2) is 37.8 Å². The molecule has 0 bridgehead atoms. The first-order valence-electron chi connectivity index (χ1n) is 11.3. The highest BCUT2D eigenvalue weighted by atomic mass is 32.1. The lowest BCUT2D eigenvalue weighted by Crippen LogP contribution is -2.29. The Labute approximate surface area is 206 Å². The van der Waals surface area contributed by atoms with E-state index in [1.54, 1.807) is 35.8 Å². The molecule has 1 aliphatic rings. The van der Waals surface area contributed by atoms with Gasteiger partial charge in [-0.15, -0.1) is 11.3 Å². The number of hydrogen-bond donors (Lipinski definition) is 1. The number of pyridine rings is 1. The Morgan fingerprint density at radius 2 is 1.94 bits per heavy atom. The molecule has 9 heteroatoms. The van der Waals surface area contributed by atoms with Crippen LogP contribution in [0.15, 0.2) is 59.7 Å². The van der Waals surface area contributed by atoms with Gasteiger partial charge in [-0.25, -0.2) is 9.97 Å². The van der Waals surface area contributed by atoms with Gasteiger partial charge in [0.1, 0.15) is 17.1 Å². The van der Waals surface area contributed by atoms with Crippen LogP contribution in [0.3, 0.4) is 0 Å². The average Bonchev–Trinajstić information content (AvgIpc) is 3.57. The van der Waals surface area contributed by atoms with Crippen LogP contribution in [0, 0.1) is 13.8 Å². The van der Waals surface area contributed by atoms with Gasteiger partial charge in [0.2, 0.25) is 0 Å². The van der Waals surface area contributed by atoms with Crippen LogP contribution in [0.1, 0.15) is 41.9 Å². The van der Waals surface area contributed by atoms with Crippen molar-refractivity contribution >= 4 is 39.6 Å². The Hall–Kier alpha value is -3.98. The van der Waals surface area contributed by atoms with E-state index in [1.165, 1.54) is 16.2 Å². The van der Waals surface area contributed by atoms with E-state index < -0.39 is 17.7 Å². The average molecular weight is 489 g/mol. The summed E-state index contributed by atoms with van der Waals surface area (Å²) in [4.78, 5) is 36.8. The number of aliphatic hydroxyl groups is 1. The van der Waals surface area contributed by atoms with E-state index in [0.717, 1.165) is 12.0 Å². The molecule has 0 aliphatic carbocycles. The molecule has 1 fully saturated rings. The number of carbonyl (C=O) groups excluding carboxylic acids is 2. The quantitative estimate of drug-likeness (QED) is 0.237. The maximum Gasteiger partial charge on any atom is 0.301 e. The third-order valence-electron chi connectivity index (χ3n) is 6.05. The number of thiazole rings is 1. The predicted octanol–water partition coefficient (Wildman–Crippen LogP) is 4.82. The van der Waals surface area contributed by atoms with Crippen molar-refractivity contribution in [2.75, 3.05) is 11.5 Å². The summed E-state index contributed by atoms with van der Waals surface area (Å²) >= 11 is 1.25. The zero-order valence-corrected chi connectivity index (χ0v) is 20.4. The van der Waals surface area contributed by atoms with Crippen molar-refractivity contribution in [2.45, 2.75) is 33.2 Å². The molecule has 178 valence electrons. The first-order chi connectivity index (χ1) is 16.9. The highest BCUT2D eigenvalue weighted by molar-refractivity contribution is 7.14. The number of hydrogen-bond acceptors (Lipinski definition) is 7. The number of nitrogens with zero attached hydrogens (tertiary/aromatic N) is 4. The Kier molecular flexibility index (Phi) is 5.86. The summed E-state index contributed by atoms with van der Waals surface area (Å²) in [6.45, 7) is 6.36. The second-order valence-corrected chi connectivity index (χ2v) is 9.20. The molecule has 35 heavy (non-hydrogen) atoms. The van der Waals surface area contributed by atoms with Crippen LogP contribution in [0.4, 0.5) is 5.13 Å². The van der Waals surface area contributed by atoms with Crippen LogP contribution < -0.4 is 9.64 Å². The van der Waals surface area contributed by atoms with Gasteiger partial charge in [-0.05, 0) is 49.6 Å². The number of rotatable bonds is 6. The topological polar surface area (TPSA) is 97.0 Å². The number of aromatic nitrogens is 3. The lowest BCUT2D eigenvalue weighted by atomic mass is 9.96. The van der Waals surface area contributed by atoms with Crippen LogP contribution >= 0.6 is 11.3 Å². The van der Waals surface area contributed by atoms with E-state index >= 15 is 0 Å². The molecule has 1 atom stereocenters. The number of amides is 1. The van der Waals surface area contributed by atoms with Crippen molar-refractivity contribution in [1.82, 2.24) is 14.4 Å². The summed E-state index contributed by atoms with van der Waals surface area (Å²) in [6, 6.07) is 10.2. The minimum atomic E-state index is -0.855. The lowest BCUT2D eigenvalue weighted by molar-refractivity contribution is -0.132. The van der Waals surface area contributed by atoms with Crippen molar-refractivity contribution in [3.63, 3.8) is 0 Å². The maximum absolute atomic E-state index is 13.3. The molecular weight excluding hydrogens is 464 g/mol. The van der Waals surface area contributed by atoms with Gasteiger partial charge in [0, 0.05) is 17.8 Å². The van der Waals surface area contributed by atoms with Crippen molar-refractivity contribution in [2.24, 2.45) is 0 Å². The molecule has 1 N–H and O–H groups in total. The Balaban J connectivity index is 1.69. The van der Waals surface area contributed by atoms with Gasteiger partial charge < -0.3 is 14.2 Å². The number of aryl methyl sites for hydroxylation is 2. The fourth-order valence-corrected chi connectivity index (χ4v) is 4.99. The Bertz CT molecular complexity index is 1450. The number of aliphatic hydroxyl groups excluding tert-OH is 1. The van der Waals surface area contributed by atoms with Crippen molar-refractivity contribution in [3.8, 4) is 5.75 Å². The number of anilines is 1. The molecule has 0 saturated carbocycles. The Morgan fingerprint density at radius 1 is 1.17 bits per heavy atom. The summed E-state index contributed by atoms with van der Waals surface area (Å²) in [7, 11) is 0. The van der Waals surface area contributed by atoms with Gasteiger partial charge in [-0.1, -0.05) is 25.1 Å². The van der Waals surface area contributed by atoms with Gasteiger partial charge in [0.25, 0.3) is 5.78 Å². The first kappa shape index (κ1) is 22.8. The van der Waals surface area contributed by atoms with E-state index in [0.29, 0.717) is 34.4 Å². The smallest absolute Gasteiger partial charge is 0.301 e. The zero-order valence-electron chi connectivity index (χ0n) is 19.6. The summed E-state index contributed by atoms with van der Waals surface area (Å²) < 4.78 is 7.54. The minimum Gasteiger partial charge on any atom is -0.505 e. The molecule has 4 aromatic rings. The second-order valence-electron chi connectivity index (χ2n) is 8.33. The van der Waals surface area contributed by atoms with E-state index in [1.807, 2.05) is 43.5 Å². The monoisotopic (exact) mass is 488 g/mol. The third kappa shape index (κ3) is 3.77. The van der Waals surface area contributed by atoms with Crippen LogP contribution in [0.2, 0.25) is 0 Å². The molecule has 1 amide bonds. The fourth-order valence-electron chi connectivity index (χ4n) is 4.32. The second kappa shape index (κ2) is 8.99. The largest absolute Gasteiger partial charge is 0.505 e. The normalized spacial score (nSPS) is 17.5. The number of Topliss-reactive ketones (excluding diaryl/α,β-unsaturated/α-hetero) is 1. The molecule has 4 heterocycles. The third-order valence-corrected chi connectivity index (χ3v) is 6.82. The van der Waals surface area contributed by atoms with Crippen molar-refractivity contribution in [1.29, 1.82) is 0 Å². The molecule has 3 aromatic heterocycles. The number of ether oxygens (including phenoxy) is 1. The summed E-state index contributed by atoms with van der Waals surface area (Å²) in [5.74, 6) is -1.13. The molecule has 1 saturated heterocycles. The fraction of sp³-hybridized carbons (Fsp3) is 0.231. The van der Waals surface area contributed by atoms with Gasteiger partial charge >= 0.3 is 5.91 Å². The molecule has 1 unspecified atom stereocenters. The molecule has 0 spiro atoms. The number of carbonyl (C=O) groups is 2.